The van der Waals surface area contributed by atoms with Gasteiger partial charge in [-0.05, 0) is 47.7 Å². The molecule has 0 saturated carbocycles. The number of hydrogen-bond acceptors (Lipinski definition) is 3. The SMILES string of the molecule is COc1ccc2c(c1)CCC(/C=N\O)=C2Cl. The minimum atomic E-state index is 0.654. The maximum Gasteiger partial charge on any atom is 0.119 e. The number of halogens is 1. The van der Waals surface area contributed by atoms with Crippen molar-refractivity contribution >= 4 is 22.8 Å². The van der Waals surface area contributed by atoms with E-state index in [1.807, 2.05) is 18.2 Å². The Labute approximate surface area is 99.0 Å². The van der Waals surface area contributed by atoms with Gasteiger partial charge in [-0.3, -0.25) is 0 Å². The van der Waals surface area contributed by atoms with Crippen LogP contribution < -0.4 is 4.74 Å². The molecule has 0 unspecified atom stereocenters. The Kier molecular flexibility index (Phi) is 3.15. The van der Waals surface area contributed by atoms with Crippen LogP contribution in [0, 0.1) is 0 Å². The Balaban J connectivity index is 2.47. The molecule has 84 valence electrons. The minimum absolute atomic E-state index is 0.654. The molecule has 0 bridgehead atoms. The van der Waals surface area contributed by atoms with E-state index in [1.54, 1.807) is 7.11 Å². The van der Waals surface area contributed by atoms with Crippen molar-refractivity contribution in [2.45, 2.75) is 12.8 Å². The van der Waals surface area contributed by atoms with Gasteiger partial charge in [0.1, 0.15) is 5.75 Å². The minimum Gasteiger partial charge on any atom is -0.497 e. The number of aryl methyl sites for hydroxylation is 1. The van der Waals surface area contributed by atoms with Crippen LogP contribution in [0.15, 0.2) is 28.9 Å². The molecule has 0 amide bonds. The molecule has 0 saturated heterocycles. The Morgan fingerprint density at radius 2 is 2.25 bits per heavy atom. The molecule has 3 nitrogen and oxygen atoms in total. The first-order valence-electron chi connectivity index (χ1n) is 4.99. The van der Waals surface area contributed by atoms with Crippen LogP contribution in [0.2, 0.25) is 0 Å². The predicted octanol–water partition coefficient (Wildman–Crippen LogP) is 3.05. The van der Waals surface area contributed by atoms with Crippen molar-refractivity contribution in [1.82, 2.24) is 0 Å². The normalized spacial score (nSPS) is 15.4. The average molecular weight is 238 g/mol. The molecule has 0 heterocycles. The van der Waals surface area contributed by atoms with Crippen molar-refractivity contribution in [2.24, 2.45) is 5.16 Å². The summed E-state index contributed by atoms with van der Waals surface area (Å²) in [5.74, 6) is 0.836. The Bertz CT molecular complexity index is 466. The standard InChI is InChI=1S/C12H12ClNO2/c1-16-10-4-5-11-8(6-10)2-3-9(7-14-15)12(11)13/h4-7,15H,2-3H2,1H3/b14-7-. The van der Waals surface area contributed by atoms with Gasteiger partial charge in [0, 0.05) is 0 Å². The highest BCUT2D eigenvalue weighted by Crippen LogP contribution is 2.35. The van der Waals surface area contributed by atoms with Crippen LogP contribution in [0.25, 0.3) is 5.03 Å². The lowest BCUT2D eigenvalue weighted by Crippen LogP contribution is -2.03. The van der Waals surface area contributed by atoms with Gasteiger partial charge in [0.2, 0.25) is 0 Å². The van der Waals surface area contributed by atoms with Gasteiger partial charge in [-0.15, -0.1) is 0 Å². The highest BCUT2D eigenvalue weighted by atomic mass is 35.5. The maximum absolute atomic E-state index is 8.52. The van der Waals surface area contributed by atoms with Crippen LogP contribution in [-0.4, -0.2) is 18.5 Å². The van der Waals surface area contributed by atoms with E-state index in [2.05, 4.69) is 5.16 Å². The maximum atomic E-state index is 8.52. The Morgan fingerprint density at radius 1 is 1.44 bits per heavy atom. The van der Waals surface area contributed by atoms with Crippen molar-refractivity contribution in [1.29, 1.82) is 0 Å². The molecule has 0 aromatic heterocycles. The zero-order valence-corrected chi connectivity index (χ0v) is 9.66. The fraction of sp³-hybridized carbons (Fsp3) is 0.250. The lowest BCUT2D eigenvalue weighted by molar-refractivity contribution is 0.321. The first-order chi connectivity index (χ1) is 7.76. The van der Waals surface area contributed by atoms with Gasteiger partial charge in [0.05, 0.1) is 18.4 Å². The summed E-state index contributed by atoms with van der Waals surface area (Å²) in [6.45, 7) is 0. The second kappa shape index (κ2) is 4.58. The summed E-state index contributed by atoms with van der Waals surface area (Å²) in [4.78, 5) is 0. The van der Waals surface area contributed by atoms with E-state index >= 15 is 0 Å². The Morgan fingerprint density at radius 3 is 2.94 bits per heavy atom. The van der Waals surface area contributed by atoms with Gasteiger partial charge in [-0.1, -0.05) is 16.8 Å². The number of ether oxygens (including phenoxy) is 1. The number of rotatable bonds is 2. The third-order valence-electron chi connectivity index (χ3n) is 2.71. The molecule has 0 atom stereocenters. The first kappa shape index (κ1) is 11.0. The van der Waals surface area contributed by atoms with E-state index in [9.17, 15) is 0 Å². The number of fused-ring (bicyclic) bond motifs is 1. The molecule has 2 rings (SSSR count). The third-order valence-corrected chi connectivity index (χ3v) is 3.15. The van der Waals surface area contributed by atoms with Crippen LogP contribution in [0.3, 0.4) is 0 Å². The van der Waals surface area contributed by atoms with Gasteiger partial charge in [-0.2, -0.15) is 0 Å². The van der Waals surface area contributed by atoms with Gasteiger partial charge >= 0.3 is 0 Å². The number of nitrogens with zero attached hydrogens (tertiary/aromatic N) is 1. The summed E-state index contributed by atoms with van der Waals surface area (Å²) in [6.07, 6.45) is 3.06. The van der Waals surface area contributed by atoms with Crippen molar-refractivity contribution in [3.05, 3.63) is 34.9 Å². The summed E-state index contributed by atoms with van der Waals surface area (Å²) in [5, 5.41) is 12.2. The fourth-order valence-electron chi connectivity index (χ4n) is 1.86. The molecule has 0 aliphatic heterocycles. The van der Waals surface area contributed by atoms with Crippen molar-refractivity contribution in [3.8, 4) is 5.75 Å². The molecule has 1 aromatic rings. The highest BCUT2D eigenvalue weighted by Gasteiger charge is 2.17. The number of methoxy groups -OCH3 is 1. The van der Waals surface area contributed by atoms with Crippen LogP contribution in [0.1, 0.15) is 17.5 Å². The van der Waals surface area contributed by atoms with Crippen molar-refractivity contribution in [3.63, 3.8) is 0 Å². The van der Waals surface area contributed by atoms with Crippen LogP contribution >= 0.6 is 11.6 Å². The van der Waals surface area contributed by atoms with Crippen LogP contribution in [0.5, 0.6) is 5.75 Å². The molecule has 0 spiro atoms. The largest absolute Gasteiger partial charge is 0.497 e. The molecular weight excluding hydrogens is 226 g/mol. The third kappa shape index (κ3) is 1.91. The second-order valence-corrected chi connectivity index (χ2v) is 3.98. The van der Waals surface area contributed by atoms with Crippen LogP contribution in [-0.2, 0) is 6.42 Å². The van der Waals surface area contributed by atoms with Gasteiger partial charge in [-0.25, -0.2) is 0 Å². The first-order valence-corrected chi connectivity index (χ1v) is 5.37. The summed E-state index contributed by atoms with van der Waals surface area (Å²) in [5.41, 5.74) is 3.02. The summed E-state index contributed by atoms with van der Waals surface area (Å²) in [7, 11) is 1.64. The number of allylic oxidation sites excluding steroid dienone is 1. The molecule has 0 radical (unpaired) electrons. The van der Waals surface area contributed by atoms with E-state index in [0.717, 1.165) is 29.7 Å². The van der Waals surface area contributed by atoms with Crippen LogP contribution in [0.4, 0.5) is 0 Å². The van der Waals surface area contributed by atoms with E-state index in [4.69, 9.17) is 21.5 Å². The second-order valence-electron chi connectivity index (χ2n) is 3.61. The summed E-state index contributed by atoms with van der Waals surface area (Å²) < 4.78 is 5.16. The molecule has 0 fully saturated rings. The zero-order chi connectivity index (χ0) is 11.5. The lowest BCUT2D eigenvalue weighted by atomic mass is 9.92. The van der Waals surface area contributed by atoms with Crippen molar-refractivity contribution < 1.29 is 9.94 Å². The van der Waals surface area contributed by atoms with Gasteiger partial charge in [0.15, 0.2) is 0 Å². The van der Waals surface area contributed by atoms with E-state index in [0.29, 0.717) is 5.03 Å². The van der Waals surface area contributed by atoms with Gasteiger partial charge in [0.25, 0.3) is 0 Å². The van der Waals surface area contributed by atoms with Gasteiger partial charge < -0.3 is 9.94 Å². The monoisotopic (exact) mass is 237 g/mol. The number of benzene rings is 1. The molecule has 1 aliphatic carbocycles. The number of oxime groups is 1. The molecule has 1 aromatic carbocycles. The summed E-state index contributed by atoms with van der Waals surface area (Å²) in [6, 6.07) is 5.80. The van der Waals surface area contributed by atoms with E-state index < -0.39 is 0 Å². The predicted molar refractivity (Wildman–Crippen MR) is 64.4 cm³/mol. The Hall–Kier alpha value is -1.48. The molecule has 4 heteroatoms. The molecule has 16 heavy (non-hydrogen) atoms. The molecular formula is C12H12ClNO2. The van der Waals surface area contributed by atoms with E-state index in [-0.39, 0.29) is 0 Å². The molecule has 1 aliphatic rings. The quantitative estimate of drug-likeness (QED) is 0.488. The zero-order valence-electron chi connectivity index (χ0n) is 8.90. The smallest absolute Gasteiger partial charge is 0.119 e. The summed E-state index contributed by atoms with van der Waals surface area (Å²) >= 11 is 6.22. The highest BCUT2D eigenvalue weighted by molar-refractivity contribution is 6.50. The fourth-order valence-corrected chi connectivity index (χ4v) is 2.19. The topological polar surface area (TPSA) is 41.8 Å². The average Bonchev–Trinajstić information content (AvgIpc) is 2.32. The lowest BCUT2D eigenvalue weighted by Gasteiger charge is -2.17. The van der Waals surface area contributed by atoms with E-state index in [1.165, 1.54) is 11.8 Å². The van der Waals surface area contributed by atoms with Crippen molar-refractivity contribution in [2.75, 3.05) is 7.11 Å². The number of hydrogen-bond donors (Lipinski definition) is 1. The molecule has 1 N–H and O–H groups in total.